The van der Waals surface area contributed by atoms with Gasteiger partial charge in [0.2, 0.25) is 0 Å². The fraction of sp³-hybridized carbons (Fsp3) is 0.917. The van der Waals surface area contributed by atoms with Gasteiger partial charge in [0.25, 0.3) is 0 Å². The van der Waals surface area contributed by atoms with Gasteiger partial charge in [-0.15, -0.1) is 0 Å². The topological polar surface area (TPSA) is 106 Å². The summed E-state index contributed by atoms with van der Waals surface area (Å²) < 4.78 is 34.9. The summed E-state index contributed by atoms with van der Waals surface area (Å²) >= 11 is 0. The van der Waals surface area contributed by atoms with E-state index in [9.17, 15) is 28.6 Å². The van der Waals surface area contributed by atoms with Gasteiger partial charge in [0, 0.05) is 65.4 Å². The van der Waals surface area contributed by atoms with Gasteiger partial charge in [-0.25, -0.2) is 18.4 Å². The van der Waals surface area contributed by atoms with E-state index in [1.54, 1.807) is 9.80 Å². The van der Waals surface area contributed by atoms with E-state index in [1.807, 2.05) is 51.3 Å². The van der Waals surface area contributed by atoms with Crippen LogP contribution < -0.4 is 0 Å². The normalized spacial score (nSPS) is 19.7. The zero-order valence-electron chi connectivity index (χ0n) is 22.7. The summed E-state index contributed by atoms with van der Waals surface area (Å²) in [6.07, 6.45) is -2.49. The van der Waals surface area contributed by atoms with Crippen LogP contribution in [0.2, 0.25) is 0 Å². The van der Waals surface area contributed by atoms with E-state index in [2.05, 4.69) is 0 Å². The molecule has 0 spiro atoms. The Morgan fingerprint density at radius 3 is 1.17 bits per heavy atom. The summed E-state index contributed by atoms with van der Waals surface area (Å²) in [5.41, 5.74) is -0.975. The van der Waals surface area contributed by atoms with Crippen molar-refractivity contribution < 1.29 is 38.1 Å². The zero-order chi connectivity index (χ0) is 27.5. The fourth-order valence-corrected chi connectivity index (χ4v) is 3.57. The van der Waals surface area contributed by atoms with Crippen LogP contribution in [0.3, 0.4) is 0 Å². The summed E-state index contributed by atoms with van der Waals surface area (Å²) in [6, 6.07) is 0. The SMILES string of the molecule is CC(C)(C)OC(=O)N1CCN(C[C@@H](O)CF)CC1.CC(C)(C)OC(=O)N1CCN(C[C@H](O)CF)CC1. The minimum Gasteiger partial charge on any atom is -0.444 e. The molecule has 2 rings (SSSR count). The average Bonchev–Trinajstić information content (AvgIpc) is 2.78. The maximum absolute atomic E-state index is 12.2. The first kappa shape index (κ1) is 32.3. The highest BCUT2D eigenvalue weighted by atomic mass is 19.1. The highest BCUT2D eigenvalue weighted by molar-refractivity contribution is 5.68. The predicted molar refractivity (Wildman–Crippen MR) is 132 cm³/mol. The first-order valence-electron chi connectivity index (χ1n) is 12.5. The third kappa shape index (κ3) is 13.5. The number of hydrogen-bond acceptors (Lipinski definition) is 8. The molecule has 2 saturated heterocycles. The minimum atomic E-state index is -0.932. The van der Waals surface area contributed by atoms with Crippen molar-refractivity contribution >= 4 is 12.2 Å². The number of ether oxygens (including phenoxy) is 2. The number of carbonyl (C=O) groups is 2. The standard InChI is InChI=1S/2C12H23FN2O3/c2*1-12(2,3)18-11(17)15-6-4-14(5-7-15)9-10(16)8-13/h2*10,16H,4-9H2,1-3H3/t2*10-/m10/s1. The van der Waals surface area contributed by atoms with Crippen molar-refractivity contribution in [1.29, 1.82) is 0 Å². The average molecular weight is 525 g/mol. The molecule has 2 fully saturated rings. The number of hydrogen-bond donors (Lipinski definition) is 2. The van der Waals surface area contributed by atoms with Crippen molar-refractivity contribution in [2.75, 3.05) is 78.8 Å². The van der Waals surface area contributed by atoms with Crippen molar-refractivity contribution in [3.63, 3.8) is 0 Å². The molecular formula is C24H46F2N4O6. The largest absolute Gasteiger partial charge is 0.444 e. The number of rotatable bonds is 6. The van der Waals surface area contributed by atoms with Crippen LogP contribution in [0.1, 0.15) is 41.5 Å². The first-order valence-corrected chi connectivity index (χ1v) is 12.5. The molecule has 0 saturated carbocycles. The lowest BCUT2D eigenvalue weighted by Gasteiger charge is -2.36. The Labute approximate surface area is 214 Å². The van der Waals surface area contributed by atoms with Crippen molar-refractivity contribution in [1.82, 2.24) is 19.6 Å². The number of β-amino-alcohol motifs (C(OH)–C–C–N with tert-alkyl or cyclic N) is 2. The minimum absolute atomic E-state index is 0.312. The van der Waals surface area contributed by atoms with Crippen molar-refractivity contribution in [2.45, 2.75) is 65.0 Å². The Hall–Kier alpha value is -1.76. The monoisotopic (exact) mass is 524 g/mol. The van der Waals surface area contributed by atoms with Gasteiger partial charge in [-0.3, -0.25) is 9.80 Å². The molecule has 0 aromatic heterocycles. The molecule has 0 radical (unpaired) electrons. The Balaban J connectivity index is 0.000000360. The molecule has 12 heteroatoms. The molecule has 0 aromatic carbocycles. The van der Waals surface area contributed by atoms with Crippen LogP contribution in [0, 0.1) is 0 Å². The molecule has 2 aliphatic rings. The molecule has 2 amide bonds. The molecule has 0 aliphatic carbocycles. The maximum atomic E-state index is 12.2. The second-order valence-electron chi connectivity index (χ2n) is 11.2. The molecular weight excluding hydrogens is 478 g/mol. The van der Waals surface area contributed by atoms with Crippen LogP contribution in [0.15, 0.2) is 0 Å². The van der Waals surface area contributed by atoms with Gasteiger partial charge in [0.15, 0.2) is 0 Å². The van der Waals surface area contributed by atoms with Crippen LogP contribution >= 0.6 is 0 Å². The van der Waals surface area contributed by atoms with E-state index in [0.29, 0.717) is 65.4 Å². The van der Waals surface area contributed by atoms with Gasteiger partial charge in [0.05, 0.1) is 12.2 Å². The van der Waals surface area contributed by atoms with Crippen molar-refractivity contribution in [3.8, 4) is 0 Å². The lowest BCUT2D eigenvalue weighted by molar-refractivity contribution is 0.00789. The van der Waals surface area contributed by atoms with Crippen molar-refractivity contribution in [3.05, 3.63) is 0 Å². The van der Waals surface area contributed by atoms with E-state index in [-0.39, 0.29) is 12.2 Å². The second-order valence-corrected chi connectivity index (χ2v) is 11.2. The van der Waals surface area contributed by atoms with Gasteiger partial charge < -0.3 is 29.5 Å². The van der Waals surface area contributed by atoms with Gasteiger partial charge in [0.1, 0.15) is 24.6 Å². The molecule has 2 atom stereocenters. The van der Waals surface area contributed by atoms with Gasteiger partial charge >= 0.3 is 12.2 Å². The number of amides is 2. The Kier molecular flexibility index (Phi) is 13.3. The number of nitrogens with zero attached hydrogens (tertiary/aromatic N) is 4. The summed E-state index contributed by atoms with van der Waals surface area (Å²) in [6.45, 7) is 14.9. The number of aliphatic hydroxyl groups excluding tert-OH is 2. The molecule has 212 valence electrons. The highest BCUT2D eigenvalue weighted by Crippen LogP contribution is 2.13. The third-order valence-electron chi connectivity index (χ3n) is 5.34. The first-order chi connectivity index (χ1) is 16.6. The van der Waals surface area contributed by atoms with Crippen LogP contribution in [0.25, 0.3) is 0 Å². The second kappa shape index (κ2) is 14.8. The summed E-state index contributed by atoms with van der Waals surface area (Å²) in [4.78, 5) is 30.7. The molecule has 0 aromatic rings. The van der Waals surface area contributed by atoms with Crippen LogP contribution in [0.5, 0.6) is 0 Å². The number of halogens is 2. The number of piperazine rings is 2. The number of carbonyl (C=O) groups excluding carboxylic acids is 2. The van der Waals surface area contributed by atoms with Gasteiger partial charge in [-0.1, -0.05) is 0 Å². The van der Waals surface area contributed by atoms with Gasteiger partial charge in [-0.05, 0) is 41.5 Å². The zero-order valence-corrected chi connectivity index (χ0v) is 22.7. The number of alkyl halides is 2. The summed E-state index contributed by atoms with van der Waals surface area (Å²) in [5.74, 6) is 0. The summed E-state index contributed by atoms with van der Waals surface area (Å²) in [5, 5.41) is 18.4. The molecule has 10 nitrogen and oxygen atoms in total. The molecule has 2 aliphatic heterocycles. The van der Waals surface area contributed by atoms with E-state index < -0.39 is 36.8 Å². The van der Waals surface area contributed by atoms with E-state index >= 15 is 0 Å². The molecule has 2 heterocycles. The Morgan fingerprint density at radius 1 is 0.667 bits per heavy atom. The predicted octanol–water partition coefficient (Wildman–Crippen LogP) is 1.74. The maximum Gasteiger partial charge on any atom is 0.410 e. The fourth-order valence-electron chi connectivity index (χ4n) is 3.57. The quantitative estimate of drug-likeness (QED) is 0.541. The van der Waals surface area contributed by atoms with Crippen molar-refractivity contribution in [2.24, 2.45) is 0 Å². The molecule has 0 bridgehead atoms. The van der Waals surface area contributed by atoms with Gasteiger partial charge in [-0.2, -0.15) is 0 Å². The van der Waals surface area contributed by atoms with E-state index in [0.717, 1.165) is 0 Å². The van der Waals surface area contributed by atoms with E-state index in [4.69, 9.17) is 9.47 Å². The molecule has 2 N–H and O–H groups in total. The highest BCUT2D eigenvalue weighted by Gasteiger charge is 2.27. The smallest absolute Gasteiger partial charge is 0.410 e. The van der Waals surface area contributed by atoms with Crippen LogP contribution in [-0.2, 0) is 9.47 Å². The lowest BCUT2D eigenvalue weighted by atomic mass is 10.2. The Bertz CT molecular complexity index is 602. The van der Waals surface area contributed by atoms with E-state index in [1.165, 1.54) is 0 Å². The molecule has 36 heavy (non-hydrogen) atoms. The summed E-state index contributed by atoms with van der Waals surface area (Å²) in [7, 11) is 0. The molecule has 0 unspecified atom stereocenters. The Morgan fingerprint density at radius 2 is 0.944 bits per heavy atom. The third-order valence-corrected chi connectivity index (χ3v) is 5.34. The van der Waals surface area contributed by atoms with Crippen LogP contribution in [0.4, 0.5) is 18.4 Å². The number of aliphatic hydroxyl groups is 2. The lowest BCUT2D eigenvalue weighted by Crippen LogP contribution is -2.51. The van der Waals surface area contributed by atoms with Crippen LogP contribution in [-0.4, -0.2) is 144 Å².